The first-order chi connectivity index (χ1) is 14.5. The second-order valence-corrected chi connectivity index (χ2v) is 6.72. The van der Waals surface area contributed by atoms with Crippen molar-refractivity contribution in [1.82, 2.24) is 9.47 Å². The van der Waals surface area contributed by atoms with E-state index in [-0.39, 0.29) is 11.8 Å². The van der Waals surface area contributed by atoms with Crippen LogP contribution in [0, 0.1) is 6.92 Å². The number of aromatic nitrogens is 1. The third-order valence-electron chi connectivity index (χ3n) is 5.26. The Bertz CT molecular complexity index is 1080. The molecule has 2 amide bonds. The summed E-state index contributed by atoms with van der Waals surface area (Å²) in [5.74, 6) is -0.429. The summed E-state index contributed by atoms with van der Waals surface area (Å²) in [6.07, 6.45) is 0.452. The molecule has 0 N–H and O–H groups in total. The van der Waals surface area contributed by atoms with Gasteiger partial charge >= 0.3 is 0 Å². The molecule has 0 unspecified atom stereocenters. The summed E-state index contributed by atoms with van der Waals surface area (Å²) in [5.41, 5.74) is 5.05. The summed E-state index contributed by atoms with van der Waals surface area (Å²) in [5, 5.41) is 1.00. The summed E-state index contributed by atoms with van der Waals surface area (Å²) < 4.78 is 2.08. The highest BCUT2D eigenvalue weighted by Crippen LogP contribution is 2.37. The Morgan fingerprint density at radius 1 is 0.767 bits per heavy atom. The van der Waals surface area contributed by atoms with Gasteiger partial charge in [0.1, 0.15) is 0 Å². The molecular weight excluding hydrogens is 372 g/mol. The molecule has 4 heteroatoms. The van der Waals surface area contributed by atoms with Crippen LogP contribution in [0.5, 0.6) is 0 Å². The van der Waals surface area contributed by atoms with Gasteiger partial charge in [-0.2, -0.15) is 0 Å². The predicted octanol–water partition coefficient (Wildman–Crippen LogP) is 5.53. The zero-order valence-corrected chi connectivity index (χ0v) is 19.1. The topological polar surface area (TPSA) is 42.3 Å². The van der Waals surface area contributed by atoms with Crippen LogP contribution in [0.15, 0.2) is 60.2 Å². The van der Waals surface area contributed by atoms with Gasteiger partial charge in [-0.25, -0.2) is 0 Å². The molecule has 0 fully saturated rings. The fourth-order valence-corrected chi connectivity index (χ4v) is 3.76. The van der Waals surface area contributed by atoms with Crippen LogP contribution < -0.4 is 0 Å². The van der Waals surface area contributed by atoms with Crippen molar-refractivity contribution in [2.75, 3.05) is 7.05 Å². The molecule has 4 rings (SSSR count). The number of nitrogens with zero attached hydrogens (tertiary/aromatic N) is 2. The minimum atomic E-state index is -0.222. The Morgan fingerprint density at radius 3 is 1.97 bits per heavy atom. The summed E-state index contributed by atoms with van der Waals surface area (Å²) in [6, 6.07) is 17.8. The molecule has 2 aromatic carbocycles. The first-order valence-electron chi connectivity index (χ1n) is 10.6. The first-order valence-corrected chi connectivity index (χ1v) is 10.6. The van der Waals surface area contributed by atoms with Crippen LogP contribution in [0.2, 0.25) is 0 Å². The molecule has 0 bridgehead atoms. The molecule has 3 aromatic rings. The van der Waals surface area contributed by atoms with Crippen LogP contribution in [0.3, 0.4) is 0 Å². The lowest BCUT2D eigenvalue weighted by Crippen LogP contribution is -2.27. The number of amides is 2. The van der Waals surface area contributed by atoms with Crippen molar-refractivity contribution in [3.05, 3.63) is 77.0 Å². The van der Waals surface area contributed by atoms with Crippen LogP contribution in [0.1, 0.15) is 44.5 Å². The Hall–Kier alpha value is -3.14. The standard InChI is InChI=1S/C22H20N2O2.2C2H6/c1-14-19(16-11-7-8-12-18(16)23(14)2)20-17(21(25)24(3)22(20)26)13-15-9-5-4-6-10-15;2*1-2/h4-12H,13H2,1-3H3;2*1-2H3. The van der Waals surface area contributed by atoms with E-state index in [1.54, 1.807) is 7.05 Å². The number of rotatable bonds is 3. The van der Waals surface area contributed by atoms with E-state index in [2.05, 4.69) is 4.57 Å². The highest BCUT2D eigenvalue weighted by Gasteiger charge is 2.38. The van der Waals surface area contributed by atoms with Crippen molar-refractivity contribution in [1.29, 1.82) is 0 Å². The van der Waals surface area contributed by atoms with Gasteiger partial charge in [0.05, 0.1) is 5.57 Å². The fourth-order valence-electron chi connectivity index (χ4n) is 3.76. The van der Waals surface area contributed by atoms with Gasteiger partial charge in [0.15, 0.2) is 0 Å². The van der Waals surface area contributed by atoms with Crippen LogP contribution in [0.4, 0.5) is 0 Å². The predicted molar refractivity (Wildman–Crippen MR) is 125 cm³/mol. The van der Waals surface area contributed by atoms with Crippen molar-refractivity contribution in [2.45, 2.75) is 41.0 Å². The number of hydrogen-bond donors (Lipinski definition) is 0. The van der Waals surface area contributed by atoms with Crippen molar-refractivity contribution < 1.29 is 9.59 Å². The molecule has 0 atom stereocenters. The Labute approximate surface area is 179 Å². The number of carbonyl (C=O) groups is 2. The maximum Gasteiger partial charge on any atom is 0.261 e. The molecule has 0 saturated heterocycles. The average molecular weight is 405 g/mol. The lowest BCUT2D eigenvalue weighted by Gasteiger charge is -2.07. The lowest BCUT2D eigenvalue weighted by atomic mass is 9.95. The molecule has 0 radical (unpaired) electrons. The SMILES string of the molecule is CC.CC.Cc1c(C2=C(Cc3ccccc3)C(=O)N(C)C2=O)c2ccccc2n1C. The van der Waals surface area contributed by atoms with Gasteiger partial charge in [0, 0.05) is 48.2 Å². The number of carbonyl (C=O) groups excluding carboxylic acids is 2. The van der Waals surface area contributed by atoms with E-state index in [1.807, 2.05) is 96.3 Å². The van der Waals surface area contributed by atoms with Gasteiger partial charge in [0.2, 0.25) is 0 Å². The zero-order valence-electron chi connectivity index (χ0n) is 19.1. The molecular formula is C26H32N2O2. The van der Waals surface area contributed by atoms with E-state index in [4.69, 9.17) is 0 Å². The molecule has 0 saturated carbocycles. The summed E-state index contributed by atoms with van der Waals surface area (Å²) in [7, 11) is 3.55. The van der Waals surface area contributed by atoms with Gasteiger partial charge in [-0.15, -0.1) is 0 Å². The number of imide groups is 1. The van der Waals surface area contributed by atoms with Gasteiger partial charge in [-0.1, -0.05) is 76.2 Å². The van der Waals surface area contributed by atoms with E-state index in [0.717, 1.165) is 27.7 Å². The third kappa shape index (κ3) is 3.95. The minimum absolute atomic E-state index is 0.207. The molecule has 1 aliphatic heterocycles. The van der Waals surface area contributed by atoms with Crippen molar-refractivity contribution in [3.8, 4) is 0 Å². The Morgan fingerprint density at radius 2 is 1.33 bits per heavy atom. The quantitative estimate of drug-likeness (QED) is 0.538. The lowest BCUT2D eigenvalue weighted by molar-refractivity contribution is -0.135. The summed E-state index contributed by atoms with van der Waals surface area (Å²) >= 11 is 0. The van der Waals surface area contributed by atoms with Gasteiger partial charge in [-0.3, -0.25) is 14.5 Å². The Balaban J connectivity index is 0.000000757. The van der Waals surface area contributed by atoms with Crippen LogP contribution in [-0.2, 0) is 23.1 Å². The number of para-hydroxylation sites is 1. The normalized spacial score (nSPS) is 13.2. The van der Waals surface area contributed by atoms with E-state index in [1.165, 1.54) is 4.90 Å². The van der Waals surface area contributed by atoms with Crippen molar-refractivity contribution in [2.24, 2.45) is 7.05 Å². The molecule has 0 aliphatic carbocycles. The second kappa shape index (κ2) is 10.1. The molecule has 158 valence electrons. The molecule has 1 aromatic heterocycles. The maximum absolute atomic E-state index is 13.0. The molecule has 1 aliphatic rings. The number of hydrogen-bond acceptors (Lipinski definition) is 2. The summed E-state index contributed by atoms with van der Waals surface area (Å²) in [6.45, 7) is 10.00. The number of likely N-dealkylation sites (N-methyl/N-ethyl adjacent to an activating group) is 1. The van der Waals surface area contributed by atoms with Gasteiger partial charge in [-0.05, 0) is 18.6 Å². The number of aryl methyl sites for hydroxylation is 1. The van der Waals surface area contributed by atoms with E-state index in [9.17, 15) is 9.59 Å². The van der Waals surface area contributed by atoms with E-state index in [0.29, 0.717) is 17.6 Å². The maximum atomic E-state index is 13.0. The molecule has 30 heavy (non-hydrogen) atoms. The smallest absolute Gasteiger partial charge is 0.261 e. The highest BCUT2D eigenvalue weighted by molar-refractivity contribution is 6.37. The molecule has 4 nitrogen and oxygen atoms in total. The van der Waals surface area contributed by atoms with Gasteiger partial charge < -0.3 is 4.57 Å². The third-order valence-corrected chi connectivity index (χ3v) is 5.26. The van der Waals surface area contributed by atoms with Crippen LogP contribution >= 0.6 is 0 Å². The number of fused-ring (bicyclic) bond motifs is 1. The van der Waals surface area contributed by atoms with Crippen LogP contribution in [-0.4, -0.2) is 28.3 Å². The van der Waals surface area contributed by atoms with Crippen molar-refractivity contribution >= 4 is 28.3 Å². The second-order valence-electron chi connectivity index (χ2n) is 6.72. The van der Waals surface area contributed by atoms with Crippen LogP contribution in [0.25, 0.3) is 16.5 Å². The monoisotopic (exact) mass is 404 g/mol. The van der Waals surface area contributed by atoms with Crippen molar-refractivity contribution in [3.63, 3.8) is 0 Å². The minimum Gasteiger partial charge on any atom is -0.347 e. The highest BCUT2D eigenvalue weighted by atomic mass is 16.2. The van der Waals surface area contributed by atoms with Gasteiger partial charge in [0.25, 0.3) is 11.8 Å². The zero-order chi connectivity index (χ0) is 22.4. The summed E-state index contributed by atoms with van der Waals surface area (Å²) in [4.78, 5) is 27.0. The fraction of sp³-hybridized carbons (Fsp3) is 0.308. The molecule has 0 spiro atoms. The molecule has 2 heterocycles. The van der Waals surface area contributed by atoms with E-state index < -0.39 is 0 Å². The Kier molecular flexibility index (Phi) is 7.76. The largest absolute Gasteiger partial charge is 0.347 e. The van der Waals surface area contributed by atoms with E-state index >= 15 is 0 Å². The average Bonchev–Trinajstić information content (AvgIpc) is 3.17. The first kappa shape index (κ1) is 23.1. The number of benzene rings is 2.